The van der Waals surface area contributed by atoms with Crippen LogP contribution in [0.3, 0.4) is 0 Å². The molecule has 0 spiro atoms. The van der Waals surface area contributed by atoms with Gasteiger partial charge in [0.05, 0.1) is 5.60 Å². The third-order valence-corrected chi connectivity index (χ3v) is 3.83. The lowest BCUT2D eigenvalue weighted by molar-refractivity contribution is 0.0709. The second-order valence-electron chi connectivity index (χ2n) is 4.75. The molecule has 2 nitrogen and oxygen atoms in total. The van der Waals surface area contributed by atoms with Gasteiger partial charge in [0.2, 0.25) is 0 Å². The number of fused-ring (bicyclic) bond motifs is 1. The minimum absolute atomic E-state index is 0.332. The summed E-state index contributed by atoms with van der Waals surface area (Å²) in [6.07, 6.45) is 1.73. The fourth-order valence-corrected chi connectivity index (χ4v) is 3.53. The molecule has 0 saturated carbocycles. The van der Waals surface area contributed by atoms with Gasteiger partial charge in [0.1, 0.15) is 5.75 Å². The number of phenols is 1. The maximum atomic E-state index is 9.75. The third-order valence-electron chi connectivity index (χ3n) is 2.51. The largest absolute Gasteiger partial charge is 0.508 e. The van der Waals surface area contributed by atoms with Crippen LogP contribution >= 0.6 is 11.8 Å². The van der Waals surface area contributed by atoms with Crippen molar-refractivity contribution in [2.24, 2.45) is 0 Å². The van der Waals surface area contributed by atoms with Gasteiger partial charge in [-0.2, -0.15) is 0 Å². The number of rotatable bonds is 2. The van der Waals surface area contributed by atoms with Crippen molar-refractivity contribution in [3.63, 3.8) is 0 Å². The number of aromatic hydroxyl groups is 1. The van der Waals surface area contributed by atoms with E-state index in [2.05, 4.69) is 0 Å². The minimum Gasteiger partial charge on any atom is -0.508 e. The van der Waals surface area contributed by atoms with Gasteiger partial charge in [0.15, 0.2) is 0 Å². The van der Waals surface area contributed by atoms with Gasteiger partial charge in [-0.1, -0.05) is 0 Å². The van der Waals surface area contributed by atoms with Crippen molar-refractivity contribution in [3.8, 4) is 5.75 Å². The molecule has 0 amide bonds. The second kappa shape index (κ2) is 3.72. The van der Waals surface area contributed by atoms with Crippen LogP contribution < -0.4 is 0 Å². The Balaban J connectivity index is 2.09. The van der Waals surface area contributed by atoms with E-state index in [1.165, 1.54) is 10.5 Å². The fourth-order valence-electron chi connectivity index (χ4n) is 1.98. The molecule has 0 aliphatic carbocycles. The van der Waals surface area contributed by atoms with Crippen LogP contribution in [-0.2, 0) is 6.42 Å². The molecule has 0 radical (unpaired) electrons. The molecule has 1 atom stereocenters. The number of phenolic OH excluding ortho intramolecular Hbond substituents is 1. The van der Waals surface area contributed by atoms with Crippen LogP contribution in [0.1, 0.15) is 25.8 Å². The van der Waals surface area contributed by atoms with E-state index in [9.17, 15) is 10.2 Å². The molecular formula is C12H16O2S. The van der Waals surface area contributed by atoms with E-state index < -0.39 is 5.60 Å². The van der Waals surface area contributed by atoms with Crippen molar-refractivity contribution in [3.05, 3.63) is 23.8 Å². The normalized spacial score (nSPS) is 20.3. The Morgan fingerprint density at radius 2 is 2.20 bits per heavy atom. The van der Waals surface area contributed by atoms with Crippen LogP contribution in [-0.4, -0.2) is 21.1 Å². The van der Waals surface area contributed by atoms with Crippen LogP contribution in [0, 0.1) is 0 Å². The summed E-state index contributed by atoms with van der Waals surface area (Å²) in [5, 5.41) is 19.5. The Morgan fingerprint density at radius 3 is 2.87 bits per heavy atom. The van der Waals surface area contributed by atoms with Crippen LogP contribution in [0.25, 0.3) is 0 Å². The van der Waals surface area contributed by atoms with Crippen LogP contribution in [0.4, 0.5) is 0 Å². The summed E-state index contributed by atoms with van der Waals surface area (Å²) in [5.41, 5.74) is 0.594. The van der Waals surface area contributed by atoms with Crippen molar-refractivity contribution < 1.29 is 10.2 Å². The van der Waals surface area contributed by atoms with Crippen LogP contribution in [0.2, 0.25) is 0 Å². The van der Waals surface area contributed by atoms with Crippen molar-refractivity contribution >= 4 is 11.8 Å². The topological polar surface area (TPSA) is 40.5 Å². The molecule has 0 fully saturated rings. The highest BCUT2D eigenvalue weighted by Gasteiger charge is 2.27. The van der Waals surface area contributed by atoms with Gasteiger partial charge >= 0.3 is 0 Å². The molecule has 1 aromatic carbocycles. The van der Waals surface area contributed by atoms with E-state index in [1.54, 1.807) is 17.8 Å². The summed E-state index contributed by atoms with van der Waals surface area (Å²) in [5.74, 6) is 0.332. The zero-order valence-electron chi connectivity index (χ0n) is 9.03. The summed E-state index contributed by atoms with van der Waals surface area (Å²) >= 11 is 1.80. The number of aliphatic hydroxyl groups is 1. The standard InChI is InChI=1S/C12H16O2S/c1-12(2,14)7-10-6-8-5-9(13)3-4-11(8)15-10/h3-5,10,13-14H,6-7H2,1-2H3. The molecule has 1 heterocycles. The van der Waals surface area contributed by atoms with Gasteiger partial charge in [0, 0.05) is 10.1 Å². The zero-order valence-corrected chi connectivity index (χ0v) is 9.84. The van der Waals surface area contributed by atoms with E-state index in [4.69, 9.17) is 0 Å². The van der Waals surface area contributed by atoms with E-state index >= 15 is 0 Å². The fraction of sp³-hybridized carbons (Fsp3) is 0.500. The lowest BCUT2D eigenvalue weighted by atomic mass is 9.99. The maximum Gasteiger partial charge on any atom is 0.115 e. The number of thioether (sulfide) groups is 1. The molecule has 1 aliphatic rings. The Morgan fingerprint density at radius 1 is 1.47 bits per heavy atom. The molecule has 0 aromatic heterocycles. The van der Waals surface area contributed by atoms with Crippen molar-refractivity contribution in [1.82, 2.24) is 0 Å². The van der Waals surface area contributed by atoms with Crippen molar-refractivity contribution in [2.45, 2.75) is 42.4 Å². The van der Waals surface area contributed by atoms with Crippen LogP contribution in [0.15, 0.2) is 23.1 Å². The Hall–Kier alpha value is -0.670. The van der Waals surface area contributed by atoms with E-state index in [0.717, 1.165) is 12.8 Å². The van der Waals surface area contributed by atoms with E-state index in [-0.39, 0.29) is 0 Å². The van der Waals surface area contributed by atoms with E-state index in [0.29, 0.717) is 11.0 Å². The van der Waals surface area contributed by atoms with Crippen molar-refractivity contribution in [1.29, 1.82) is 0 Å². The highest BCUT2D eigenvalue weighted by Crippen LogP contribution is 2.41. The summed E-state index contributed by atoms with van der Waals surface area (Å²) in [7, 11) is 0. The quantitative estimate of drug-likeness (QED) is 0.811. The SMILES string of the molecule is CC(C)(O)CC1Cc2cc(O)ccc2S1. The Bertz CT molecular complexity index is 368. The highest BCUT2D eigenvalue weighted by molar-refractivity contribution is 8.00. The number of hydrogen-bond acceptors (Lipinski definition) is 3. The van der Waals surface area contributed by atoms with Gasteiger partial charge in [0.25, 0.3) is 0 Å². The number of benzene rings is 1. The molecule has 1 aliphatic heterocycles. The van der Waals surface area contributed by atoms with Crippen molar-refractivity contribution in [2.75, 3.05) is 0 Å². The first-order valence-corrected chi connectivity index (χ1v) is 6.03. The Labute approximate surface area is 94.3 Å². The van der Waals surface area contributed by atoms with Crippen LogP contribution in [0.5, 0.6) is 5.75 Å². The molecule has 0 bridgehead atoms. The van der Waals surface area contributed by atoms with Gasteiger partial charge in [-0.05, 0) is 50.5 Å². The smallest absolute Gasteiger partial charge is 0.115 e. The predicted octanol–water partition coefficient (Wildman–Crippen LogP) is 2.57. The maximum absolute atomic E-state index is 9.75. The monoisotopic (exact) mass is 224 g/mol. The summed E-state index contributed by atoms with van der Waals surface area (Å²) in [6, 6.07) is 5.50. The predicted molar refractivity (Wildman–Crippen MR) is 62.4 cm³/mol. The third kappa shape index (κ3) is 2.67. The first kappa shape index (κ1) is 10.8. The molecule has 3 heteroatoms. The second-order valence-corrected chi connectivity index (χ2v) is 6.09. The molecular weight excluding hydrogens is 208 g/mol. The summed E-state index contributed by atoms with van der Waals surface area (Å²) in [4.78, 5) is 1.24. The Kier molecular flexibility index (Phi) is 2.69. The molecule has 1 unspecified atom stereocenters. The molecule has 1 aromatic rings. The number of hydrogen-bond donors (Lipinski definition) is 2. The summed E-state index contributed by atoms with van der Waals surface area (Å²) < 4.78 is 0. The lowest BCUT2D eigenvalue weighted by Gasteiger charge is -2.20. The summed E-state index contributed by atoms with van der Waals surface area (Å²) in [6.45, 7) is 3.68. The van der Waals surface area contributed by atoms with Gasteiger partial charge < -0.3 is 10.2 Å². The zero-order chi connectivity index (χ0) is 11.1. The van der Waals surface area contributed by atoms with Gasteiger partial charge in [-0.25, -0.2) is 0 Å². The van der Waals surface area contributed by atoms with E-state index in [1.807, 2.05) is 26.0 Å². The first-order valence-electron chi connectivity index (χ1n) is 5.15. The first-order chi connectivity index (χ1) is 6.94. The minimum atomic E-state index is -0.609. The molecule has 15 heavy (non-hydrogen) atoms. The molecule has 2 rings (SSSR count). The average Bonchev–Trinajstić information content (AvgIpc) is 2.42. The van der Waals surface area contributed by atoms with Gasteiger partial charge in [-0.3, -0.25) is 0 Å². The molecule has 2 N–H and O–H groups in total. The highest BCUT2D eigenvalue weighted by atomic mass is 32.2. The molecule has 0 saturated heterocycles. The van der Waals surface area contributed by atoms with Gasteiger partial charge in [-0.15, -0.1) is 11.8 Å². The lowest BCUT2D eigenvalue weighted by Crippen LogP contribution is -2.24. The average molecular weight is 224 g/mol. The molecule has 82 valence electrons.